The van der Waals surface area contributed by atoms with Gasteiger partial charge in [0.1, 0.15) is 0 Å². The molecule has 1 atom stereocenters. The molecule has 1 saturated heterocycles. The highest BCUT2D eigenvalue weighted by Gasteiger charge is 2.42. The van der Waals surface area contributed by atoms with Gasteiger partial charge in [0.15, 0.2) is 0 Å². The number of para-hydroxylation sites is 1. The minimum Gasteiger partial charge on any atom is -0.395 e. The number of amides is 2. The van der Waals surface area contributed by atoms with Crippen LogP contribution in [0.2, 0.25) is 0 Å². The maximum Gasteiger partial charge on any atom is 0.251 e. The molecule has 1 fully saturated rings. The first kappa shape index (κ1) is 14.7. The second kappa shape index (κ2) is 6.15. The van der Waals surface area contributed by atoms with Crippen molar-refractivity contribution in [3.8, 4) is 0 Å². The first-order chi connectivity index (χ1) is 9.60. The quantitative estimate of drug-likeness (QED) is 0.813. The zero-order valence-electron chi connectivity index (χ0n) is 11.9. The molecule has 1 N–H and O–H groups in total. The summed E-state index contributed by atoms with van der Waals surface area (Å²) in [5, 5.41) is 9.06. The van der Waals surface area contributed by atoms with Crippen LogP contribution in [0.1, 0.15) is 18.9 Å². The van der Waals surface area contributed by atoms with Crippen LogP contribution in [0.3, 0.4) is 0 Å². The molecule has 0 saturated carbocycles. The van der Waals surface area contributed by atoms with E-state index in [0.717, 1.165) is 5.56 Å². The van der Waals surface area contributed by atoms with E-state index in [-0.39, 0.29) is 24.8 Å². The molecule has 1 aliphatic heterocycles. The summed E-state index contributed by atoms with van der Waals surface area (Å²) in [6.07, 6.45) is 0.182. The number of aryl methyl sites for hydroxylation is 1. The van der Waals surface area contributed by atoms with Crippen LogP contribution in [0, 0.1) is 6.92 Å². The van der Waals surface area contributed by atoms with Crippen molar-refractivity contribution in [3.05, 3.63) is 29.8 Å². The molecule has 0 bridgehead atoms. The lowest BCUT2D eigenvalue weighted by atomic mass is 10.2. The van der Waals surface area contributed by atoms with Gasteiger partial charge >= 0.3 is 0 Å². The van der Waals surface area contributed by atoms with Crippen LogP contribution >= 0.6 is 0 Å². The average Bonchev–Trinajstić information content (AvgIpc) is 2.72. The van der Waals surface area contributed by atoms with Crippen molar-refractivity contribution in [1.82, 2.24) is 4.90 Å². The number of imide groups is 1. The van der Waals surface area contributed by atoms with Gasteiger partial charge in [-0.3, -0.25) is 14.5 Å². The van der Waals surface area contributed by atoms with E-state index in [9.17, 15) is 9.59 Å². The average molecular weight is 276 g/mol. The highest BCUT2D eigenvalue weighted by molar-refractivity contribution is 6.22. The molecule has 0 aromatic heterocycles. The van der Waals surface area contributed by atoms with Crippen molar-refractivity contribution < 1.29 is 14.7 Å². The summed E-state index contributed by atoms with van der Waals surface area (Å²) in [6, 6.07) is 6.91. The number of aliphatic hydroxyl groups excluding tert-OH is 1. The molecule has 0 unspecified atom stereocenters. The van der Waals surface area contributed by atoms with E-state index in [1.165, 1.54) is 4.90 Å². The highest BCUT2D eigenvalue weighted by Crippen LogP contribution is 2.27. The molecule has 1 aromatic carbocycles. The van der Waals surface area contributed by atoms with Crippen molar-refractivity contribution in [1.29, 1.82) is 0 Å². The Balaban J connectivity index is 2.28. The van der Waals surface area contributed by atoms with Gasteiger partial charge in [0.2, 0.25) is 5.91 Å². The predicted molar refractivity (Wildman–Crippen MR) is 76.4 cm³/mol. The van der Waals surface area contributed by atoms with E-state index < -0.39 is 6.04 Å². The van der Waals surface area contributed by atoms with Gasteiger partial charge in [0, 0.05) is 6.54 Å². The molecular weight excluding hydrogens is 256 g/mol. The zero-order chi connectivity index (χ0) is 14.7. The number of nitrogens with zero attached hydrogens (tertiary/aromatic N) is 2. The number of carbonyl (C=O) groups is 2. The Morgan fingerprint density at radius 3 is 2.65 bits per heavy atom. The Labute approximate surface area is 118 Å². The third-order valence-electron chi connectivity index (χ3n) is 3.71. The second-order valence-corrected chi connectivity index (χ2v) is 4.93. The number of anilines is 1. The maximum atomic E-state index is 12.5. The fraction of sp³-hybridized carbons (Fsp3) is 0.467. The summed E-state index contributed by atoms with van der Waals surface area (Å²) >= 11 is 0. The van der Waals surface area contributed by atoms with Crippen LogP contribution in [0.4, 0.5) is 5.69 Å². The largest absolute Gasteiger partial charge is 0.395 e. The van der Waals surface area contributed by atoms with Crippen molar-refractivity contribution in [2.24, 2.45) is 0 Å². The van der Waals surface area contributed by atoms with E-state index in [1.54, 1.807) is 6.07 Å². The van der Waals surface area contributed by atoms with Crippen molar-refractivity contribution in [2.75, 3.05) is 24.6 Å². The lowest BCUT2D eigenvalue weighted by Crippen LogP contribution is -2.43. The minimum atomic E-state index is -0.459. The van der Waals surface area contributed by atoms with E-state index >= 15 is 0 Å². The molecule has 20 heavy (non-hydrogen) atoms. The number of hydrogen-bond acceptors (Lipinski definition) is 4. The fourth-order valence-electron chi connectivity index (χ4n) is 2.63. The Morgan fingerprint density at radius 1 is 1.35 bits per heavy atom. The minimum absolute atomic E-state index is 0.0177. The van der Waals surface area contributed by atoms with E-state index in [4.69, 9.17) is 5.11 Å². The van der Waals surface area contributed by atoms with E-state index in [2.05, 4.69) is 0 Å². The summed E-state index contributed by atoms with van der Waals surface area (Å²) in [7, 11) is 0. The molecule has 108 valence electrons. The van der Waals surface area contributed by atoms with Crippen molar-refractivity contribution in [2.45, 2.75) is 26.3 Å². The SMILES string of the molecule is CCN(CCO)[C@H]1CC(=O)N(c2ccccc2C)C1=O. The molecule has 1 aromatic rings. The van der Waals surface area contributed by atoms with Gasteiger partial charge in [-0.2, -0.15) is 0 Å². The van der Waals surface area contributed by atoms with E-state index in [0.29, 0.717) is 18.8 Å². The molecule has 2 amide bonds. The smallest absolute Gasteiger partial charge is 0.251 e. The third-order valence-corrected chi connectivity index (χ3v) is 3.71. The van der Waals surface area contributed by atoms with Crippen LogP contribution in [0.15, 0.2) is 24.3 Å². The highest BCUT2D eigenvalue weighted by atomic mass is 16.3. The van der Waals surface area contributed by atoms with Gasteiger partial charge in [0.25, 0.3) is 5.91 Å². The number of rotatable bonds is 5. The molecule has 2 rings (SSSR count). The summed E-state index contributed by atoms with van der Waals surface area (Å²) in [4.78, 5) is 27.8. The molecule has 0 aliphatic carbocycles. The van der Waals surface area contributed by atoms with Crippen LogP contribution in [-0.4, -0.2) is 47.6 Å². The summed E-state index contributed by atoms with van der Waals surface area (Å²) in [5.41, 5.74) is 1.56. The Kier molecular flexibility index (Phi) is 4.52. The lowest BCUT2D eigenvalue weighted by Gasteiger charge is -2.25. The number of hydrogen-bond donors (Lipinski definition) is 1. The van der Waals surface area contributed by atoms with E-state index in [1.807, 2.05) is 36.9 Å². The molecule has 0 radical (unpaired) electrons. The number of aliphatic hydroxyl groups is 1. The molecule has 5 nitrogen and oxygen atoms in total. The summed E-state index contributed by atoms with van der Waals surface area (Å²) in [6.45, 7) is 4.82. The molecule has 0 spiro atoms. The number of likely N-dealkylation sites (N-methyl/N-ethyl adjacent to an activating group) is 1. The van der Waals surface area contributed by atoms with Gasteiger partial charge in [-0.15, -0.1) is 0 Å². The third kappa shape index (κ3) is 2.59. The second-order valence-electron chi connectivity index (χ2n) is 4.93. The molecule has 1 heterocycles. The normalized spacial score (nSPS) is 19.2. The van der Waals surface area contributed by atoms with Crippen molar-refractivity contribution >= 4 is 17.5 Å². The van der Waals surface area contributed by atoms with Crippen LogP contribution in [0.5, 0.6) is 0 Å². The zero-order valence-corrected chi connectivity index (χ0v) is 11.9. The maximum absolute atomic E-state index is 12.5. The molecule has 5 heteroatoms. The van der Waals surface area contributed by atoms with Gasteiger partial charge in [0.05, 0.1) is 24.8 Å². The molecular formula is C15H20N2O3. The van der Waals surface area contributed by atoms with Crippen LogP contribution in [-0.2, 0) is 9.59 Å². The first-order valence-electron chi connectivity index (χ1n) is 6.87. The van der Waals surface area contributed by atoms with Crippen LogP contribution in [0.25, 0.3) is 0 Å². The fourth-order valence-corrected chi connectivity index (χ4v) is 2.63. The Bertz CT molecular complexity index is 516. The van der Waals surface area contributed by atoms with Crippen LogP contribution < -0.4 is 4.90 Å². The first-order valence-corrected chi connectivity index (χ1v) is 6.87. The number of benzene rings is 1. The topological polar surface area (TPSA) is 60.9 Å². The monoisotopic (exact) mass is 276 g/mol. The Morgan fingerprint density at radius 2 is 2.05 bits per heavy atom. The molecule has 1 aliphatic rings. The Hall–Kier alpha value is -1.72. The standard InChI is InChI=1S/C15H20N2O3/c1-3-16(8-9-18)13-10-14(19)17(15(13)20)12-7-5-4-6-11(12)2/h4-7,13,18H,3,8-10H2,1-2H3/t13-/m0/s1. The predicted octanol–water partition coefficient (Wildman–Crippen LogP) is 0.941. The van der Waals surface area contributed by atoms with Gasteiger partial charge in [-0.05, 0) is 25.1 Å². The lowest BCUT2D eigenvalue weighted by molar-refractivity contribution is -0.123. The van der Waals surface area contributed by atoms with Gasteiger partial charge < -0.3 is 5.11 Å². The van der Waals surface area contributed by atoms with Gasteiger partial charge in [-0.1, -0.05) is 25.1 Å². The number of carbonyl (C=O) groups excluding carboxylic acids is 2. The van der Waals surface area contributed by atoms with Crippen molar-refractivity contribution in [3.63, 3.8) is 0 Å². The summed E-state index contributed by atoms with van der Waals surface area (Å²) in [5.74, 6) is -0.370. The van der Waals surface area contributed by atoms with Gasteiger partial charge in [-0.25, -0.2) is 4.90 Å². The summed E-state index contributed by atoms with van der Waals surface area (Å²) < 4.78 is 0.